The van der Waals surface area contributed by atoms with Gasteiger partial charge >= 0.3 is 6.18 Å². The molecule has 0 atom stereocenters. The van der Waals surface area contributed by atoms with Crippen molar-refractivity contribution in [2.45, 2.75) is 12.7 Å². The van der Waals surface area contributed by atoms with Crippen LogP contribution in [-0.2, 0) is 12.7 Å². The van der Waals surface area contributed by atoms with E-state index in [1.165, 1.54) is 6.07 Å². The number of halogens is 3. The summed E-state index contributed by atoms with van der Waals surface area (Å²) >= 11 is 0. The van der Waals surface area contributed by atoms with E-state index in [1.54, 1.807) is 6.07 Å². The first kappa shape index (κ1) is 12.7. The second kappa shape index (κ2) is 4.34. The Hall–Kier alpha value is -2.35. The summed E-state index contributed by atoms with van der Waals surface area (Å²) in [5.74, 6) is 0.640. The highest BCUT2D eigenvalue weighted by molar-refractivity contribution is 5.79. The molecule has 3 aromatic rings. The summed E-state index contributed by atoms with van der Waals surface area (Å²) in [7, 11) is 0. The molecule has 0 unspecified atom stereocenters. The summed E-state index contributed by atoms with van der Waals surface area (Å²) in [5, 5.41) is 3.70. The van der Waals surface area contributed by atoms with E-state index in [2.05, 4.69) is 15.1 Å². The van der Waals surface area contributed by atoms with Gasteiger partial charge in [-0.1, -0.05) is 5.16 Å². The first-order valence-electron chi connectivity index (χ1n) is 5.70. The Kier molecular flexibility index (Phi) is 2.75. The average molecular weight is 282 g/mol. The van der Waals surface area contributed by atoms with Crippen LogP contribution in [-0.4, -0.2) is 15.1 Å². The van der Waals surface area contributed by atoms with Gasteiger partial charge in [-0.3, -0.25) is 0 Å². The number of rotatable bonds is 2. The van der Waals surface area contributed by atoms with Gasteiger partial charge in [0, 0.05) is 12.6 Å². The second-order valence-electron chi connectivity index (χ2n) is 4.20. The van der Waals surface area contributed by atoms with E-state index in [4.69, 9.17) is 10.3 Å². The Labute approximate surface area is 110 Å². The molecule has 0 spiro atoms. The number of imidazole rings is 1. The smallest absolute Gasteiger partial charge is 0.353 e. The molecule has 0 aliphatic heterocycles. The van der Waals surface area contributed by atoms with Gasteiger partial charge in [0.25, 0.3) is 0 Å². The lowest BCUT2D eigenvalue weighted by molar-refractivity contribution is -0.137. The SMILES string of the molecule is NCc1cc(-c2nc3cc(C(F)(F)F)ccc3[nH]2)on1. The van der Waals surface area contributed by atoms with Crippen LogP contribution in [0.15, 0.2) is 28.8 Å². The van der Waals surface area contributed by atoms with E-state index in [9.17, 15) is 13.2 Å². The zero-order valence-corrected chi connectivity index (χ0v) is 10.0. The van der Waals surface area contributed by atoms with Crippen LogP contribution in [0.3, 0.4) is 0 Å². The molecule has 3 N–H and O–H groups in total. The third kappa shape index (κ3) is 2.14. The molecular formula is C12H9F3N4O. The van der Waals surface area contributed by atoms with Gasteiger partial charge in [-0.15, -0.1) is 0 Å². The summed E-state index contributed by atoms with van der Waals surface area (Å²) in [6, 6.07) is 4.89. The van der Waals surface area contributed by atoms with Gasteiger partial charge in [0.2, 0.25) is 5.76 Å². The van der Waals surface area contributed by atoms with E-state index >= 15 is 0 Å². The van der Waals surface area contributed by atoms with Gasteiger partial charge in [0.15, 0.2) is 5.82 Å². The minimum Gasteiger partial charge on any atom is -0.353 e. The lowest BCUT2D eigenvalue weighted by Gasteiger charge is -2.04. The number of aromatic nitrogens is 3. The molecule has 5 nitrogen and oxygen atoms in total. The van der Waals surface area contributed by atoms with Crippen LogP contribution >= 0.6 is 0 Å². The van der Waals surface area contributed by atoms with E-state index in [0.29, 0.717) is 22.8 Å². The molecule has 0 radical (unpaired) electrons. The number of hydrogen-bond donors (Lipinski definition) is 2. The number of nitrogens with one attached hydrogen (secondary N) is 1. The van der Waals surface area contributed by atoms with E-state index in [0.717, 1.165) is 12.1 Å². The summed E-state index contributed by atoms with van der Waals surface area (Å²) in [4.78, 5) is 6.95. The van der Waals surface area contributed by atoms with Crippen molar-refractivity contribution in [1.82, 2.24) is 15.1 Å². The number of H-pyrrole nitrogens is 1. The van der Waals surface area contributed by atoms with Crippen molar-refractivity contribution < 1.29 is 17.7 Å². The molecule has 2 aromatic heterocycles. The number of alkyl halides is 3. The standard InChI is InChI=1S/C12H9F3N4O/c13-12(14,15)6-1-2-8-9(3-6)18-11(17-8)10-4-7(5-16)19-20-10/h1-4H,5,16H2,(H,17,18). The van der Waals surface area contributed by atoms with Crippen molar-refractivity contribution in [1.29, 1.82) is 0 Å². The number of fused-ring (bicyclic) bond motifs is 1. The molecule has 0 saturated heterocycles. The van der Waals surface area contributed by atoms with Crippen LogP contribution in [0.1, 0.15) is 11.3 Å². The van der Waals surface area contributed by atoms with E-state index in [-0.39, 0.29) is 12.1 Å². The highest BCUT2D eigenvalue weighted by atomic mass is 19.4. The monoisotopic (exact) mass is 282 g/mol. The lowest BCUT2D eigenvalue weighted by Crippen LogP contribution is -2.04. The molecule has 1 aromatic carbocycles. The number of aromatic amines is 1. The number of benzene rings is 1. The Morgan fingerprint density at radius 1 is 1.25 bits per heavy atom. The van der Waals surface area contributed by atoms with Crippen molar-refractivity contribution in [2.75, 3.05) is 0 Å². The van der Waals surface area contributed by atoms with Gasteiger partial charge < -0.3 is 15.2 Å². The maximum Gasteiger partial charge on any atom is 0.416 e. The lowest BCUT2D eigenvalue weighted by atomic mass is 10.2. The summed E-state index contributed by atoms with van der Waals surface area (Å²) < 4.78 is 42.9. The van der Waals surface area contributed by atoms with Crippen LogP contribution in [0.5, 0.6) is 0 Å². The Balaban J connectivity index is 2.06. The first-order chi connectivity index (χ1) is 9.47. The van der Waals surface area contributed by atoms with Crippen molar-refractivity contribution in [2.24, 2.45) is 5.73 Å². The first-order valence-corrected chi connectivity index (χ1v) is 5.70. The molecule has 0 bridgehead atoms. The largest absolute Gasteiger partial charge is 0.416 e. The molecule has 8 heteroatoms. The van der Waals surface area contributed by atoms with Crippen LogP contribution in [0.2, 0.25) is 0 Å². The Morgan fingerprint density at radius 2 is 2.05 bits per heavy atom. The molecule has 0 aliphatic rings. The Morgan fingerprint density at radius 3 is 2.70 bits per heavy atom. The fourth-order valence-corrected chi connectivity index (χ4v) is 1.82. The third-order valence-corrected chi connectivity index (χ3v) is 2.81. The van der Waals surface area contributed by atoms with Gasteiger partial charge in [-0.05, 0) is 18.2 Å². The minimum atomic E-state index is -4.40. The van der Waals surface area contributed by atoms with Crippen molar-refractivity contribution >= 4 is 11.0 Å². The van der Waals surface area contributed by atoms with Crippen LogP contribution in [0.25, 0.3) is 22.6 Å². The summed E-state index contributed by atoms with van der Waals surface area (Å²) in [6.45, 7) is 0.210. The van der Waals surface area contributed by atoms with Crippen molar-refractivity contribution in [3.8, 4) is 11.6 Å². The van der Waals surface area contributed by atoms with E-state index < -0.39 is 11.7 Å². The highest BCUT2D eigenvalue weighted by Gasteiger charge is 2.30. The maximum absolute atomic E-state index is 12.6. The minimum absolute atomic E-state index is 0.209. The number of hydrogen-bond acceptors (Lipinski definition) is 4. The summed E-state index contributed by atoms with van der Waals surface area (Å²) in [6.07, 6.45) is -4.40. The molecule has 3 rings (SSSR count). The van der Waals surface area contributed by atoms with E-state index in [1.807, 2.05) is 0 Å². The zero-order chi connectivity index (χ0) is 14.3. The van der Waals surface area contributed by atoms with Gasteiger partial charge in [-0.2, -0.15) is 13.2 Å². The molecule has 2 heterocycles. The zero-order valence-electron chi connectivity index (χ0n) is 10.0. The van der Waals surface area contributed by atoms with Gasteiger partial charge in [0.1, 0.15) is 0 Å². The fraction of sp³-hybridized carbons (Fsp3) is 0.167. The van der Waals surface area contributed by atoms with Crippen LogP contribution in [0, 0.1) is 0 Å². The molecule has 20 heavy (non-hydrogen) atoms. The molecule has 0 fully saturated rings. The quantitative estimate of drug-likeness (QED) is 0.757. The summed E-state index contributed by atoms with van der Waals surface area (Å²) in [5.41, 5.74) is 5.89. The van der Waals surface area contributed by atoms with Gasteiger partial charge in [0.05, 0.1) is 22.3 Å². The molecule has 0 saturated carbocycles. The molecular weight excluding hydrogens is 273 g/mol. The highest BCUT2D eigenvalue weighted by Crippen LogP contribution is 2.31. The average Bonchev–Trinajstić information content (AvgIpc) is 3.02. The van der Waals surface area contributed by atoms with Crippen molar-refractivity contribution in [3.63, 3.8) is 0 Å². The predicted octanol–water partition coefficient (Wildman–Crippen LogP) is 2.70. The molecule has 0 amide bonds. The van der Waals surface area contributed by atoms with Crippen LogP contribution in [0.4, 0.5) is 13.2 Å². The topological polar surface area (TPSA) is 80.7 Å². The predicted molar refractivity (Wildman–Crippen MR) is 64.5 cm³/mol. The number of nitrogens with two attached hydrogens (primary N) is 1. The Bertz CT molecular complexity index is 759. The normalized spacial score (nSPS) is 12.2. The fourth-order valence-electron chi connectivity index (χ4n) is 1.82. The van der Waals surface area contributed by atoms with Crippen molar-refractivity contribution in [3.05, 3.63) is 35.5 Å². The molecule has 0 aliphatic carbocycles. The van der Waals surface area contributed by atoms with Gasteiger partial charge in [-0.25, -0.2) is 4.98 Å². The third-order valence-electron chi connectivity index (χ3n) is 2.81. The van der Waals surface area contributed by atoms with Crippen LogP contribution < -0.4 is 5.73 Å². The second-order valence-corrected chi connectivity index (χ2v) is 4.20. The number of nitrogens with zero attached hydrogens (tertiary/aromatic N) is 2. The maximum atomic E-state index is 12.6. The molecule has 104 valence electrons.